The average Bonchev–Trinajstić information content (AvgIpc) is 3.42. The molecule has 9 nitrogen and oxygen atoms in total. The van der Waals surface area contributed by atoms with Crippen molar-refractivity contribution >= 4 is 5.91 Å². The Morgan fingerprint density at radius 1 is 1.29 bits per heavy atom. The van der Waals surface area contributed by atoms with Gasteiger partial charge in [-0.05, 0) is 6.07 Å². The minimum absolute atomic E-state index is 0.224. The smallest absolute Gasteiger partial charge is 0.471 e. The predicted molar refractivity (Wildman–Crippen MR) is 84.0 cm³/mol. The van der Waals surface area contributed by atoms with E-state index in [4.69, 9.17) is 9.15 Å². The van der Waals surface area contributed by atoms with Gasteiger partial charge in [-0.25, -0.2) is 9.97 Å². The first kappa shape index (κ1) is 17.9. The van der Waals surface area contributed by atoms with E-state index in [0.29, 0.717) is 19.5 Å². The molecule has 1 unspecified atom stereocenters. The van der Waals surface area contributed by atoms with Gasteiger partial charge in [0, 0.05) is 30.8 Å². The summed E-state index contributed by atoms with van der Waals surface area (Å²) in [6, 6.07) is 2.96. The van der Waals surface area contributed by atoms with E-state index in [9.17, 15) is 18.0 Å². The van der Waals surface area contributed by atoms with Crippen molar-refractivity contribution in [3.05, 3.63) is 42.6 Å². The highest BCUT2D eigenvalue weighted by Gasteiger charge is 2.38. The molecular weight excluding hydrogens is 383 g/mol. The zero-order chi connectivity index (χ0) is 19.7. The van der Waals surface area contributed by atoms with Crippen molar-refractivity contribution in [2.75, 3.05) is 13.1 Å². The van der Waals surface area contributed by atoms with Crippen LogP contribution in [0.1, 0.15) is 22.8 Å². The van der Waals surface area contributed by atoms with E-state index in [-0.39, 0.29) is 35.0 Å². The number of hydrogen-bond donors (Lipinski definition) is 0. The number of rotatable bonds is 4. The molecule has 0 N–H and O–H groups in total. The maximum Gasteiger partial charge on any atom is 0.471 e. The van der Waals surface area contributed by atoms with Crippen LogP contribution in [0, 0.1) is 0 Å². The average molecular weight is 395 g/mol. The van der Waals surface area contributed by atoms with Gasteiger partial charge in [-0.15, -0.1) is 0 Å². The van der Waals surface area contributed by atoms with Crippen molar-refractivity contribution in [1.29, 1.82) is 0 Å². The zero-order valence-corrected chi connectivity index (χ0v) is 14.1. The van der Waals surface area contributed by atoms with Gasteiger partial charge in [0.25, 0.3) is 5.91 Å². The second kappa shape index (κ2) is 6.94. The minimum Gasteiger partial charge on any atom is -0.472 e. The normalized spacial score (nSPS) is 17.1. The lowest BCUT2D eigenvalue weighted by molar-refractivity contribution is -0.159. The predicted octanol–water partition coefficient (Wildman–Crippen LogP) is 2.43. The molecule has 1 aliphatic heterocycles. The van der Waals surface area contributed by atoms with Gasteiger partial charge >= 0.3 is 12.1 Å². The third kappa shape index (κ3) is 3.66. The summed E-state index contributed by atoms with van der Waals surface area (Å²) in [5.74, 6) is -1.63. The fraction of sp³-hybridized carbons (Fsp3) is 0.312. The molecule has 0 spiro atoms. The molecule has 28 heavy (non-hydrogen) atoms. The van der Waals surface area contributed by atoms with Crippen LogP contribution in [0.4, 0.5) is 13.2 Å². The van der Waals surface area contributed by atoms with Crippen LogP contribution in [0.3, 0.4) is 0 Å². The highest BCUT2D eigenvalue weighted by molar-refractivity contribution is 5.92. The number of alkyl halides is 3. The topological polar surface area (TPSA) is 107 Å². The van der Waals surface area contributed by atoms with Gasteiger partial charge in [-0.3, -0.25) is 4.79 Å². The van der Waals surface area contributed by atoms with Crippen LogP contribution in [-0.2, 0) is 6.18 Å². The molecule has 1 amide bonds. The van der Waals surface area contributed by atoms with Crippen LogP contribution in [0.25, 0.3) is 11.4 Å². The van der Waals surface area contributed by atoms with E-state index in [1.807, 2.05) is 0 Å². The monoisotopic (exact) mass is 395 g/mol. The third-order valence-electron chi connectivity index (χ3n) is 4.03. The molecule has 0 radical (unpaired) electrons. The van der Waals surface area contributed by atoms with E-state index in [1.54, 1.807) is 4.90 Å². The van der Waals surface area contributed by atoms with Gasteiger partial charge in [0.15, 0.2) is 12.1 Å². The summed E-state index contributed by atoms with van der Waals surface area (Å²) < 4.78 is 52.3. The number of carbonyl (C=O) groups is 1. The molecule has 1 aliphatic rings. The van der Waals surface area contributed by atoms with E-state index in [2.05, 4.69) is 24.6 Å². The van der Waals surface area contributed by atoms with Crippen molar-refractivity contribution in [3.63, 3.8) is 0 Å². The first-order chi connectivity index (χ1) is 13.4. The summed E-state index contributed by atoms with van der Waals surface area (Å²) in [5, 5.41) is 3.29. The lowest BCUT2D eigenvalue weighted by atomic mass is 10.2. The van der Waals surface area contributed by atoms with Gasteiger partial charge < -0.3 is 18.6 Å². The molecule has 0 aromatic carbocycles. The van der Waals surface area contributed by atoms with Crippen LogP contribution in [0.5, 0.6) is 5.88 Å². The number of hydrogen-bond acceptors (Lipinski definition) is 8. The van der Waals surface area contributed by atoms with Gasteiger partial charge in [0.05, 0.1) is 6.54 Å². The molecule has 3 aromatic rings. The second-order valence-electron chi connectivity index (χ2n) is 5.96. The quantitative estimate of drug-likeness (QED) is 0.663. The third-order valence-corrected chi connectivity index (χ3v) is 4.03. The Bertz CT molecular complexity index is 956. The highest BCUT2D eigenvalue weighted by Crippen LogP contribution is 2.29. The summed E-state index contributed by atoms with van der Waals surface area (Å²) in [4.78, 5) is 25.0. The summed E-state index contributed by atoms with van der Waals surface area (Å²) in [5.41, 5.74) is 0.474. The lowest BCUT2D eigenvalue weighted by Crippen LogP contribution is -2.31. The minimum atomic E-state index is -4.71. The molecule has 1 saturated heterocycles. The van der Waals surface area contributed by atoms with Crippen molar-refractivity contribution in [3.8, 4) is 17.3 Å². The number of carbonyl (C=O) groups excluding carboxylic acids is 1. The molecule has 0 saturated carbocycles. The number of ether oxygens (including phenoxy) is 1. The first-order valence-corrected chi connectivity index (χ1v) is 8.11. The molecule has 0 aliphatic carbocycles. The SMILES string of the molecule is O=C(c1cocn1)N1CCC(Oc2ccc(-c3noc(C(F)(F)F)n3)cn2)C1. The molecule has 3 aromatic heterocycles. The molecule has 12 heteroatoms. The number of pyridine rings is 1. The van der Waals surface area contributed by atoms with Crippen molar-refractivity contribution in [2.45, 2.75) is 18.7 Å². The van der Waals surface area contributed by atoms with Crippen molar-refractivity contribution in [1.82, 2.24) is 25.0 Å². The number of amides is 1. The Morgan fingerprint density at radius 2 is 2.14 bits per heavy atom. The lowest BCUT2D eigenvalue weighted by Gasteiger charge is -2.15. The second-order valence-corrected chi connectivity index (χ2v) is 5.96. The highest BCUT2D eigenvalue weighted by atomic mass is 19.4. The maximum atomic E-state index is 12.5. The van der Waals surface area contributed by atoms with Gasteiger partial charge in [0.1, 0.15) is 12.4 Å². The largest absolute Gasteiger partial charge is 0.472 e. The van der Waals surface area contributed by atoms with Gasteiger partial charge in [0.2, 0.25) is 11.7 Å². The molecular formula is C16H12F3N5O4. The Labute approximate surface area is 155 Å². The number of likely N-dealkylation sites (tertiary alicyclic amines) is 1. The van der Waals surface area contributed by atoms with Crippen LogP contribution in [-0.4, -0.2) is 50.1 Å². The van der Waals surface area contributed by atoms with E-state index >= 15 is 0 Å². The van der Waals surface area contributed by atoms with E-state index in [0.717, 1.165) is 0 Å². The summed E-state index contributed by atoms with van der Waals surface area (Å²) in [7, 11) is 0. The molecule has 4 heterocycles. The Kier molecular flexibility index (Phi) is 4.45. The Hall–Kier alpha value is -3.44. The number of nitrogens with zero attached hydrogens (tertiary/aromatic N) is 5. The number of aromatic nitrogens is 4. The Balaban J connectivity index is 1.37. The molecule has 1 fully saturated rings. The first-order valence-electron chi connectivity index (χ1n) is 8.11. The fourth-order valence-corrected chi connectivity index (χ4v) is 2.70. The zero-order valence-electron chi connectivity index (χ0n) is 14.1. The standard InChI is InChI=1S/C16H12F3N5O4/c17-16(18,19)15-22-13(23-28-15)9-1-2-12(20-5-9)27-10-3-4-24(6-10)14(25)11-7-26-8-21-11/h1-2,5,7-8,10H,3-4,6H2. The molecule has 146 valence electrons. The molecule has 1 atom stereocenters. The van der Waals surface area contributed by atoms with Gasteiger partial charge in [-0.1, -0.05) is 5.16 Å². The summed E-state index contributed by atoms with van der Waals surface area (Å²) >= 11 is 0. The van der Waals surface area contributed by atoms with Crippen LogP contribution in [0.2, 0.25) is 0 Å². The Morgan fingerprint density at radius 3 is 2.79 bits per heavy atom. The van der Waals surface area contributed by atoms with Crippen molar-refractivity contribution in [2.24, 2.45) is 0 Å². The molecule has 0 bridgehead atoms. The number of halogens is 3. The fourth-order valence-electron chi connectivity index (χ4n) is 2.70. The van der Waals surface area contributed by atoms with Crippen LogP contribution < -0.4 is 4.74 Å². The maximum absolute atomic E-state index is 12.5. The van der Waals surface area contributed by atoms with Crippen molar-refractivity contribution < 1.29 is 31.6 Å². The summed E-state index contributed by atoms with van der Waals surface area (Å²) in [6.07, 6.45) is -0.626. The summed E-state index contributed by atoms with van der Waals surface area (Å²) in [6.45, 7) is 0.854. The number of oxazole rings is 1. The van der Waals surface area contributed by atoms with Gasteiger partial charge in [-0.2, -0.15) is 18.2 Å². The molecule has 4 rings (SSSR count). The van der Waals surface area contributed by atoms with Crippen LogP contribution >= 0.6 is 0 Å². The van der Waals surface area contributed by atoms with Crippen LogP contribution in [0.15, 0.2) is 39.9 Å². The van der Waals surface area contributed by atoms with E-state index in [1.165, 1.54) is 31.0 Å². The van der Waals surface area contributed by atoms with E-state index < -0.39 is 12.1 Å².